The Hall–Kier alpha value is -1.18. The zero-order valence-electron chi connectivity index (χ0n) is 9.47. The Balaban J connectivity index is 2.42. The molecule has 2 N–H and O–H groups in total. The van der Waals surface area contributed by atoms with Crippen LogP contribution < -0.4 is 11.2 Å². The molecular formula is C10H12ClFN2O4. The Morgan fingerprint density at radius 3 is 2.83 bits per heavy atom. The number of rotatable bonds is 2. The lowest BCUT2D eigenvalue weighted by Gasteiger charge is -2.16. The number of halogens is 2. The van der Waals surface area contributed by atoms with Crippen LogP contribution in [0.4, 0.5) is 4.39 Å². The molecule has 0 spiro atoms. The van der Waals surface area contributed by atoms with Gasteiger partial charge in [-0.1, -0.05) is 6.92 Å². The van der Waals surface area contributed by atoms with Gasteiger partial charge in [-0.25, -0.2) is 4.79 Å². The standard InChI is InChI=1S/C10H12ClFN2O4/c1-2-5-7(15)6(11)9(18-5)14-3-4(12)8(16)13-10(14)17/h3,5-7,9,15H,2H2,1H3,(H,13,16,17)/t5-,6+,7-,9-/m1/s1. The van der Waals surface area contributed by atoms with Gasteiger partial charge < -0.3 is 9.84 Å². The van der Waals surface area contributed by atoms with Gasteiger partial charge in [0.25, 0.3) is 5.56 Å². The molecule has 0 amide bonds. The van der Waals surface area contributed by atoms with E-state index in [1.807, 2.05) is 4.98 Å². The first kappa shape index (κ1) is 13.3. The molecule has 1 aliphatic rings. The predicted octanol–water partition coefficient (Wildman–Crippen LogP) is -0.0486. The maximum Gasteiger partial charge on any atom is 0.330 e. The molecule has 0 aliphatic carbocycles. The van der Waals surface area contributed by atoms with Crippen LogP contribution in [0.25, 0.3) is 0 Å². The van der Waals surface area contributed by atoms with E-state index >= 15 is 0 Å². The summed E-state index contributed by atoms with van der Waals surface area (Å²) in [6.45, 7) is 1.79. The first-order valence-electron chi connectivity index (χ1n) is 5.44. The molecule has 0 unspecified atom stereocenters. The Labute approximate surface area is 106 Å². The Morgan fingerprint density at radius 1 is 1.61 bits per heavy atom. The number of nitrogens with one attached hydrogen (secondary N) is 1. The van der Waals surface area contributed by atoms with E-state index < -0.39 is 40.9 Å². The van der Waals surface area contributed by atoms with Crippen molar-refractivity contribution >= 4 is 11.6 Å². The average Bonchev–Trinajstić information content (AvgIpc) is 2.61. The van der Waals surface area contributed by atoms with Gasteiger partial charge in [0.15, 0.2) is 6.23 Å². The second-order valence-corrected chi connectivity index (χ2v) is 4.56. The van der Waals surface area contributed by atoms with Gasteiger partial charge in [0.2, 0.25) is 5.82 Å². The Kier molecular flexibility index (Phi) is 3.56. The Bertz CT molecular complexity index is 558. The molecule has 0 aromatic carbocycles. The topological polar surface area (TPSA) is 84.3 Å². The molecule has 6 nitrogen and oxygen atoms in total. The second kappa shape index (κ2) is 4.83. The maximum absolute atomic E-state index is 13.2. The number of alkyl halides is 1. The summed E-state index contributed by atoms with van der Waals surface area (Å²) in [4.78, 5) is 24.3. The summed E-state index contributed by atoms with van der Waals surface area (Å²) < 4.78 is 19.4. The van der Waals surface area contributed by atoms with E-state index in [0.717, 1.165) is 10.8 Å². The largest absolute Gasteiger partial charge is 0.389 e. The van der Waals surface area contributed by atoms with Crippen LogP contribution in [0, 0.1) is 5.82 Å². The first-order valence-corrected chi connectivity index (χ1v) is 5.88. The van der Waals surface area contributed by atoms with Crippen molar-refractivity contribution in [3.05, 3.63) is 32.9 Å². The smallest absolute Gasteiger partial charge is 0.330 e. The fourth-order valence-corrected chi connectivity index (χ4v) is 2.26. The monoisotopic (exact) mass is 278 g/mol. The molecule has 2 heterocycles. The van der Waals surface area contributed by atoms with Crippen molar-refractivity contribution in [3.63, 3.8) is 0 Å². The highest BCUT2D eigenvalue weighted by Crippen LogP contribution is 2.33. The number of aliphatic hydroxyl groups is 1. The summed E-state index contributed by atoms with van der Waals surface area (Å²) in [5, 5.41) is 8.88. The number of H-pyrrole nitrogens is 1. The van der Waals surface area contributed by atoms with Crippen LogP contribution in [0.5, 0.6) is 0 Å². The van der Waals surface area contributed by atoms with Crippen LogP contribution in [-0.4, -0.2) is 32.2 Å². The zero-order chi connectivity index (χ0) is 13.4. The molecule has 100 valence electrons. The lowest BCUT2D eigenvalue weighted by atomic mass is 10.1. The van der Waals surface area contributed by atoms with E-state index in [0.29, 0.717) is 6.42 Å². The minimum absolute atomic E-state index is 0.501. The summed E-state index contributed by atoms with van der Waals surface area (Å²) >= 11 is 5.95. The highest BCUT2D eigenvalue weighted by molar-refractivity contribution is 6.21. The first-order chi connectivity index (χ1) is 8.45. The van der Waals surface area contributed by atoms with Crippen molar-refractivity contribution in [2.24, 2.45) is 0 Å². The van der Waals surface area contributed by atoms with Crippen LogP contribution in [0.15, 0.2) is 15.8 Å². The maximum atomic E-state index is 13.2. The summed E-state index contributed by atoms with van der Waals surface area (Å²) in [7, 11) is 0. The number of nitrogens with zero attached hydrogens (tertiary/aromatic N) is 1. The van der Waals surface area contributed by atoms with E-state index in [2.05, 4.69) is 0 Å². The molecular weight excluding hydrogens is 267 g/mol. The molecule has 1 aromatic heterocycles. The summed E-state index contributed by atoms with van der Waals surface area (Å²) in [5.74, 6) is -1.11. The van der Waals surface area contributed by atoms with Gasteiger partial charge in [-0.15, -0.1) is 11.6 Å². The molecule has 1 saturated heterocycles. The number of ether oxygens (including phenoxy) is 1. The summed E-state index contributed by atoms with van der Waals surface area (Å²) in [6, 6.07) is 0. The van der Waals surface area contributed by atoms with Crippen molar-refractivity contribution < 1.29 is 14.2 Å². The molecule has 8 heteroatoms. The van der Waals surface area contributed by atoms with Crippen LogP contribution in [0.1, 0.15) is 19.6 Å². The van der Waals surface area contributed by atoms with Crippen molar-refractivity contribution in [1.82, 2.24) is 9.55 Å². The minimum Gasteiger partial charge on any atom is -0.389 e. The van der Waals surface area contributed by atoms with Crippen molar-refractivity contribution in [2.45, 2.75) is 37.2 Å². The number of hydrogen-bond acceptors (Lipinski definition) is 4. The SMILES string of the molecule is CC[C@H]1O[C@@H](n2cc(F)c(=O)[nH]c2=O)[C@@H](Cl)[C@@H]1O. The predicted molar refractivity (Wildman–Crippen MR) is 61.1 cm³/mol. The van der Waals surface area contributed by atoms with E-state index in [1.165, 1.54) is 0 Å². The normalized spacial score (nSPS) is 31.8. The van der Waals surface area contributed by atoms with Crippen LogP contribution in [0.3, 0.4) is 0 Å². The molecule has 1 aromatic rings. The Morgan fingerprint density at radius 2 is 2.28 bits per heavy atom. The lowest BCUT2D eigenvalue weighted by molar-refractivity contribution is -0.0219. The molecule has 0 bridgehead atoms. The lowest BCUT2D eigenvalue weighted by Crippen LogP contribution is -2.36. The quantitative estimate of drug-likeness (QED) is 0.743. The third kappa shape index (κ3) is 2.09. The average molecular weight is 279 g/mol. The van der Waals surface area contributed by atoms with E-state index in [9.17, 15) is 19.1 Å². The summed E-state index contributed by atoms with van der Waals surface area (Å²) in [5.41, 5.74) is -1.94. The fraction of sp³-hybridized carbons (Fsp3) is 0.600. The third-order valence-corrected chi connectivity index (χ3v) is 3.37. The number of aliphatic hydroxyl groups excluding tert-OH is 1. The second-order valence-electron chi connectivity index (χ2n) is 4.05. The van der Waals surface area contributed by atoms with Gasteiger partial charge >= 0.3 is 5.69 Å². The molecule has 4 atom stereocenters. The van der Waals surface area contributed by atoms with Crippen molar-refractivity contribution in [3.8, 4) is 0 Å². The molecule has 2 rings (SSSR count). The third-order valence-electron chi connectivity index (χ3n) is 2.89. The van der Waals surface area contributed by atoms with Crippen LogP contribution in [0.2, 0.25) is 0 Å². The van der Waals surface area contributed by atoms with Gasteiger partial charge in [-0.2, -0.15) is 4.39 Å². The van der Waals surface area contributed by atoms with Crippen LogP contribution >= 0.6 is 11.6 Å². The molecule has 1 aliphatic heterocycles. The zero-order valence-corrected chi connectivity index (χ0v) is 10.2. The molecule has 1 fully saturated rings. The molecule has 0 saturated carbocycles. The number of hydrogen-bond donors (Lipinski definition) is 2. The molecule has 0 radical (unpaired) electrons. The molecule has 18 heavy (non-hydrogen) atoms. The van der Waals surface area contributed by atoms with E-state index in [-0.39, 0.29) is 0 Å². The fourth-order valence-electron chi connectivity index (χ4n) is 1.91. The van der Waals surface area contributed by atoms with Gasteiger partial charge in [0.1, 0.15) is 11.5 Å². The van der Waals surface area contributed by atoms with Crippen molar-refractivity contribution in [2.75, 3.05) is 0 Å². The minimum atomic E-state index is -1.11. The number of aromatic amines is 1. The van der Waals surface area contributed by atoms with Crippen LogP contribution in [-0.2, 0) is 4.74 Å². The van der Waals surface area contributed by atoms with Gasteiger partial charge in [-0.3, -0.25) is 14.3 Å². The van der Waals surface area contributed by atoms with E-state index in [4.69, 9.17) is 16.3 Å². The van der Waals surface area contributed by atoms with E-state index in [1.54, 1.807) is 6.92 Å². The van der Waals surface area contributed by atoms with Gasteiger partial charge in [-0.05, 0) is 6.42 Å². The summed E-state index contributed by atoms with van der Waals surface area (Å²) in [6.07, 6.45) is -1.26. The highest BCUT2D eigenvalue weighted by Gasteiger charge is 2.43. The van der Waals surface area contributed by atoms with Gasteiger partial charge in [0.05, 0.1) is 12.3 Å². The highest BCUT2D eigenvalue weighted by atomic mass is 35.5. The van der Waals surface area contributed by atoms with Crippen molar-refractivity contribution in [1.29, 1.82) is 0 Å². The number of aromatic nitrogens is 2. The van der Waals surface area contributed by atoms with Gasteiger partial charge in [0, 0.05) is 0 Å².